The smallest absolute Gasteiger partial charge is 0.369 e. The summed E-state index contributed by atoms with van der Waals surface area (Å²) < 4.78 is 50.8. The van der Waals surface area contributed by atoms with Crippen LogP contribution in [0.15, 0.2) is 18.2 Å². The summed E-state index contributed by atoms with van der Waals surface area (Å²) in [4.78, 5) is 22.8. The summed E-state index contributed by atoms with van der Waals surface area (Å²) in [6.07, 6.45) is -4.76. The van der Waals surface area contributed by atoms with E-state index in [2.05, 4.69) is 5.32 Å². The van der Waals surface area contributed by atoms with E-state index in [1.165, 1.54) is 13.8 Å². The van der Waals surface area contributed by atoms with Gasteiger partial charge in [-0.05, 0) is 25.1 Å². The monoisotopic (exact) mass is 306 g/mol. The lowest BCUT2D eigenvalue weighted by atomic mass is 10.0. The van der Waals surface area contributed by atoms with Gasteiger partial charge in [0.1, 0.15) is 5.82 Å². The van der Waals surface area contributed by atoms with E-state index in [0.717, 1.165) is 0 Å². The molecule has 0 heterocycles. The second-order valence-electron chi connectivity index (χ2n) is 4.68. The van der Waals surface area contributed by atoms with Crippen molar-refractivity contribution in [3.63, 3.8) is 0 Å². The first-order chi connectivity index (χ1) is 9.52. The molecule has 2 unspecified atom stereocenters. The van der Waals surface area contributed by atoms with Gasteiger partial charge in [0.25, 0.3) is 5.91 Å². The number of carbonyl (C=O) groups is 2. The molecule has 0 fully saturated rings. The van der Waals surface area contributed by atoms with Crippen molar-refractivity contribution in [2.75, 3.05) is 0 Å². The van der Waals surface area contributed by atoms with Crippen LogP contribution >= 0.6 is 0 Å². The number of nitrogens with two attached hydrogens (primary N) is 1. The molecule has 0 saturated heterocycles. The number of nitrogens with one attached hydrogen (secondary N) is 1. The maximum atomic E-state index is 13.2. The highest BCUT2D eigenvalue weighted by molar-refractivity contribution is 5.95. The maximum Gasteiger partial charge on any atom is 0.416 e. The van der Waals surface area contributed by atoms with Crippen LogP contribution in [0.1, 0.15) is 29.8 Å². The van der Waals surface area contributed by atoms with Crippen molar-refractivity contribution < 1.29 is 27.2 Å². The molecule has 4 nitrogen and oxygen atoms in total. The van der Waals surface area contributed by atoms with E-state index in [1.807, 2.05) is 0 Å². The van der Waals surface area contributed by atoms with Crippen molar-refractivity contribution in [2.24, 2.45) is 11.7 Å². The molecule has 0 radical (unpaired) electrons. The van der Waals surface area contributed by atoms with Crippen LogP contribution in [0.4, 0.5) is 17.6 Å². The van der Waals surface area contributed by atoms with E-state index in [0.29, 0.717) is 18.2 Å². The third kappa shape index (κ3) is 4.44. The van der Waals surface area contributed by atoms with E-state index in [4.69, 9.17) is 5.73 Å². The molecule has 3 N–H and O–H groups in total. The quantitative estimate of drug-likeness (QED) is 0.836. The number of hydrogen-bond donors (Lipinski definition) is 2. The van der Waals surface area contributed by atoms with Crippen LogP contribution in [0.2, 0.25) is 0 Å². The highest BCUT2D eigenvalue weighted by Gasteiger charge is 2.32. The standard InChI is InChI=1S/C13H14F4N2O2/c1-6(11(18)20)7(2)19-12(21)8-3-9(13(15,16)17)5-10(14)4-8/h3-7H,1-2H3,(H2,18,20)(H,19,21). The first kappa shape index (κ1) is 16.9. The average molecular weight is 306 g/mol. The van der Waals surface area contributed by atoms with Gasteiger partial charge >= 0.3 is 6.18 Å². The van der Waals surface area contributed by atoms with Crippen LogP contribution in [-0.2, 0) is 11.0 Å². The summed E-state index contributed by atoms with van der Waals surface area (Å²) >= 11 is 0. The molecule has 0 aromatic heterocycles. The van der Waals surface area contributed by atoms with Crippen molar-refractivity contribution in [1.29, 1.82) is 0 Å². The lowest BCUT2D eigenvalue weighted by Crippen LogP contribution is -2.42. The van der Waals surface area contributed by atoms with Gasteiger partial charge in [0.05, 0.1) is 11.5 Å². The molecule has 116 valence electrons. The van der Waals surface area contributed by atoms with E-state index < -0.39 is 46.9 Å². The Hall–Kier alpha value is -2.12. The van der Waals surface area contributed by atoms with E-state index in [9.17, 15) is 27.2 Å². The molecule has 0 aliphatic carbocycles. The fourth-order valence-electron chi connectivity index (χ4n) is 1.55. The zero-order valence-corrected chi connectivity index (χ0v) is 11.3. The molecule has 21 heavy (non-hydrogen) atoms. The van der Waals surface area contributed by atoms with Gasteiger partial charge in [-0.15, -0.1) is 0 Å². The lowest BCUT2D eigenvalue weighted by molar-refractivity contribution is -0.137. The van der Waals surface area contributed by atoms with Crippen molar-refractivity contribution in [3.8, 4) is 0 Å². The largest absolute Gasteiger partial charge is 0.416 e. The summed E-state index contributed by atoms with van der Waals surface area (Å²) in [5.41, 5.74) is 3.32. The highest BCUT2D eigenvalue weighted by Crippen LogP contribution is 2.30. The van der Waals surface area contributed by atoms with Gasteiger partial charge in [0.15, 0.2) is 0 Å². The van der Waals surface area contributed by atoms with Crippen LogP contribution < -0.4 is 11.1 Å². The molecule has 8 heteroatoms. The Morgan fingerprint density at radius 2 is 1.76 bits per heavy atom. The van der Waals surface area contributed by atoms with Gasteiger partial charge in [0.2, 0.25) is 5.91 Å². The average Bonchev–Trinajstić information content (AvgIpc) is 2.35. The predicted octanol–water partition coefficient (Wildman–Crippen LogP) is 2.08. The van der Waals surface area contributed by atoms with Gasteiger partial charge < -0.3 is 11.1 Å². The van der Waals surface area contributed by atoms with Crippen LogP contribution in [0.25, 0.3) is 0 Å². The number of amides is 2. The summed E-state index contributed by atoms with van der Waals surface area (Å²) in [5.74, 6) is -3.48. The fraction of sp³-hybridized carbons (Fsp3) is 0.385. The summed E-state index contributed by atoms with van der Waals surface area (Å²) in [7, 11) is 0. The Bertz CT molecular complexity index is 558. The van der Waals surface area contributed by atoms with Crippen molar-refractivity contribution in [2.45, 2.75) is 26.1 Å². The highest BCUT2D eigenvalue weighted by atomic mass is 19.4. The minimum absolute atomic E-state index is 0.298. The lowest BCUT2D eigenvalue weighted by Gasteiger charge is -2.19. The topological polar surface area (TPSA) is 72.2 Å². The Kier molecular flexibility index (Phi) is 4.93. The molecule has 0 aliphatic heterocycles. The minimum atomic E-state index is -4.76. The molecule has 1 aromatic rings. The number of hydrogen-bond acceptors (Lipinski definition) is 2. The number of benzene rings is 1. The summed E-state index contributed by atoms with van der Waals surface area (Å²) in [5, 5.41) is 2.31. The van der Waals surface area contributed by atoms with Gasteiger partial charge in [0, 0.05) is 11.6 Å². The molecular formula is C13H14F4N2O2. The van der Waals surface area contributed by atoms with E-state index in [-0.39, 0.29) is 0 Å². The Morgan fingerprint density at radius 1 is 1.19 bits per heavy atom. The van der Waals surface area contributed by atoms with Crippen LogP contribution in [0.3, 0.4) is 0 Å². The molecule has 0 bridgehead atoms. The molecule has 0 aliphatic rings. The van der Waals surface area contributed by atoms with Gasteiger partial charge in [-0.2, -0.15) is 13.2 Å². The van der Waals surface area contributed by atoms with Crippen molar-refractivity contribution >= 4 is 11.8 Å². The third-order valence-corrected chi connectivity index (χ3v) is 3.04. The zero-order chi connectivity index (χ0) is 16.4. The molecule has 0 spiro atoms. The number of primary amides is 1. The normalized spacial score (nSPS) is 14.4. The number of carbonyl (C=O) groups excluding carboxylic acids is 2. The van der Waals surface area contributed by atoms with E-state index >= 15 is 0 Å². The third-order valence-electron chi connectivity index (χ3n) is 3.04. The number of rotatable bonds is 4. The second kappa shape index (κ2) is 6.11. The number of alkyl halides is 3. The number of halogens is 4. The van der Waals surface area contributed by atoms with Crippen LogP contribution in [0, 0.1) is 11.7 Å². The van der Waals surface area contributed by atoms with Gasteiger partial charge in [-0.3, -0.25) is 9.59 Å². The Balaban J connectivity index is 2.98. The molecule has 2 atom stereocenters. The SMILES string of the molecule is CC(NC(=O)c1cc(F)cc(C(F)(F)F)c1)C(C)C(N)=O. The maximum absolute atomic E-state index is 13.2. The van der Waals surface area contributed by atoms with Gasteiger partial charge in [-0.25, -0.2) is 4.39 Å². The predicted molar refractivity (Wildman–Crippen MR) is 66.7 cm³/mol. The van der Waals surface area contributed by atoms with Crippen LogP contribution in [0.5, 0.6) is 0 Å². The van der Waals surface area contributed by atoms with E-state index in [1.54, 1.807) is 0 Å². The second-order valence-corrected chi connectivity index (χ2v) is 4.68. The van der Waals surface area contributed by atoms with Crippen molar-refractivity contribution in [1.82, 2.24) is 5.32 Å². The van der Waals surface area contributed by atoms with Crippen LogP contribution in [-0.4, -0.2) is 17.9 Å². The first-order valence-corrected chi connectivity index (χ1v) is 6.00. The Labute approximate surface area is 118 Å². The fourth-order valence-corrected chi connectivity index (χ4v) is 1.55. The van der Waals surface area contributed by atoms with Gasteiger partial charge in [-0.1, -0.05) is 6.92 Å². The first-order valence-electron chi connectivity index (χ1n) is 6.00. The summed E-state index contributed by atoms with van der Waals surface area (Å²) in [6, 6.07) is 0.825. The molecule has 2 amide bonds. The van der Waals surface area contributed by atoms with Crippen molar-refractivity contribution in [3.05, 3.63) is 35.1 Å². The molecule has 1 rings (SSSR count). The molecule has 0 saturated carbocycles. The molecular weight excluding hydrogens is 292 g/mol. The Morgan fingerprint density at radius 3 is 2.24 bits per heavy atom. The summed E-state index contributed by atoms with van der Waals surface area (Å²) in [6.45, 7) is 2.93. The molecule has 1 aromatic carbocycles. The zero-order valence-electron chi connectivity index (χ0n) is 11.3. The minimum Gasteiger partial charge on any atom is -0.369 e.